The fourth-order valence-electron chi connectivity index (χ4n) is 2.79. The first-order valence-electron chi connectivity index (χ1n) is 9.49. The fourth-order valence-corrected chi connectivity index (χ4v) is 4.15. The maximum Gasteiger partial charge on any atom is 0.410 e. The van der Waals surface area contributed by atoms with Gasteiger partial charge in [0.05, 0.1) is 31.8 Å². The first-order chi connectivity index (χ1) is 12.1. The fraction of sp³-hybridized carbons (Fsp3) is 0.895. The molecule has 3 atom stereocenters. The zero-order valence-electron chi connectivity index (χ0n) is 18.3. The third kappa shape index (κ3) is 6.76. The van der Waals surface area contributed by atoms with Crippen LogP contribution in [-0.2, 0) is 18.7 Å². The molecule has 1 amide bonds. The molecule has 0 aliphatic carbocycles. The number of aliphatic hydroxyl groups excluding tert-OH is 1. The zero-order chi connectivity index (χ0) is 21.2. The minimum Gasteiger partial charge on any atom is -0.469 e. The number of nitrogens with zero attached hydrogens (tertiary/aromatic N) is 1. The number of ether oxygens (including phenoxy) is 2. The van der Waals surface area contributed by atoms with Crippen LogP contribution in [0, 0.1) is 0 Å². The van der Waals surface area contributed by atoms with Crippen molar-refractivity contribution in [3.63, 3.8) is 0 Å². The van der Waals surface area contributed by atoms with E-state index < -0.39 is 38.1 Å². The smallest absolute Gasteiger partial charge is 0.410 e. The highest BCUT2D eigenvalue weighted by molar-refractivity contribution is 6.74. The van der Waals surface area contributed by atoms with E-state index in [-0.39, 0.29) is 17.6 Å². The summed E-state index contributed by atoms with van der Waals surface area (Å²) in [4.78, 5) is 25.8. The lowest BCUT2D eigenvalue weighted by Crippen LogP contribution is -2.46. The van der Waals surface area contributed by atoms with Gasteiger partial charge in [-0.05, 0) is 45.3 Å². The van der Waals surface area contributed by atoms with E-state index in [0.717, 1.165) is 0 Å². The molecule has 0 unspecified atom stereocenters. The van der Waals surface area contributed by atoms with Gasteiger partial charge in [-0.1, -0.05) is 20.8 Å². The molecule has 0 radical (unpaired) electrons. The van der Waals surface area contributed by atoms with Gasteiger partial charge in [0, 0.05) is 6.54 Å². The van der Waals surface area contributed by atoms with Crippen LogP contribution < -0.4 is 0 Å². The monoisotopic (exact) mass is 403 g/mol. The van der Waals surface area contributed by atoms with E-state index in [1.807, 2.05) is 0 Å². The average Bonchev–Trinajstić information content (AvgIpc) is 2.87. The molecule has 0 bridgehead atoms. The van der Waals surface area contributed by atoms with Crippen LogP contribution >= 0.6 is 0 Å². The summed E-state index contributed by atoms with van der Waals surface area (Å²) in [6.45, 7) is 16.5. The summed E-state index contributed by atoms with van der Waals surface area (Å²) < 4.78 is 16.6. The summed E-state index contributed by atoms with van der Waals surface area (Å²) in [5, 5.41) is 10.6. The van der Waals surface area contributed by atoms with Gasteiger partial charge in [0.15, 0.2) is 8.32 Å². The molecule has 0 aromatic carbocycles. The number of likely N-dealkylation sites (tertiary alicyclic amines) is 1. The number of hydrogen-bond donors (Lipinski definition) is 1. The molecule has 0 spiro atoms. The Hall–Kier alpha value is -1.12. The Morgan fingerprint density at radius 3 is 2.19 bits per heavy atom. The van der Waals surface area contributed by atoms with Crippen molar-refractivity contribution in [1.82, 2.24) is 4.90 Å². The molecular weight excluding hydrogens is 366 g/mol. The molecule has 7 nitrogen and oxygen atoms in total. The predicted octanol–water partition coefficient (Wildman–Crippen LogP) is 3.31. The highest BCUT2D eigenvalue weighted by atomic mass is 28.4. The van der Waals surface area contributed by atoms with Crippen molar-refractivity contribution in [3.05, 3.63) is 0 Å². The van der Waals surface area contributed by atoms with Gasteiger partial charge in [-0.25, -0.2) is 4.79 Å². The van der Waals surface area contributed by atoms with Gasteiger partial charge < -0.3 is 19.0 Å². The molecule has 1 aliphatic rings. The van der Waals surface area contributed by atoms with Crippen molar-refractivity contribution in [2.24, 2.45) is 0 Å². The summed E-state index contributed by atoms with van der Waals surface area (Å²) in [5.41, 5.74) is -0.646. The first-order valence-corrected chi connectivity index (χ1v) is 12.4. The van der Waals surface area contributed by atoms with Crippen molar-refractivity contribution in [1.29, 1.82) is 0 Å². The Labute approximate surface area is 164 Å². The second-order valence-electron chi connectivity index (χ2n) is 9.78. The minimum absolute atomic E-state index is 0.0342. The SMILES string of the molecule is COC(=O)C[C@@H](O)[C@@H]1C[C@@H](O[Si](C)(C)C(C)(C)C)CN1C(=O)OC(C)(C)C. The number of carbonyl (C=O) groups excluding carboxylic acids is 2. The summed E-state index contributed by atoms with van der Waals surface area (Å²) in [7, 11) is -0.760. The lowest BCUT2D eigenvalue weighted by molar-refractivity contribution is -0.143. The molecule has 1 N–H and O–H groups in total. The number of aliphatic hydroxyl groups is 1. The van der Waals surface area contributed by atoms with Crippen LogP contribution in [0.5, 0.6) is 0 Å². The largest absolute Gasteiger partial charge is 0.469 e. The number of amides is 1. The van der Waals surface area contributed by atoms with Gasteiger partial charge >= 0.3 is 12.1 Å². The molecule has 1 fully saturated rings. The van der Waals surface area contributed by atoms with Crippen LogP contribution in [0.25, 0.3) is 0 Å². The third-order valence-corrected chi connectivity index (χ3v) is 9.78. The molecule has 0 aromatic heterocycles. The van der Waals surface area contributed by atoms with Crippen LogP contribution in [-0.4, -0.2) is 67.9 Å². The lowest BCUT2D eigenvalue weighted by atomic mass is 10.1. The average molecular weight is 404 g/mol. The standard InChI is InChI=1S/C19H37NO6Si/c1-18(2,3)25-17(23)20-12-13(26-27(8,9)19(4,5)6)10-14(20)15(21)11-16(22)24-7/h13-15,21H,10-12H2,1-9H3/t13-,14+,15-/m1/s1. The Balaban J connectivity index is 2.98. The van der Waals surface area contributed by atoms with Crippen molar-refractivity contribution in [2.45, 2.75) is 96.4 Å². The van der Waals surface area contributed by atoms with E-state index in [4.69, 9.17) is 9.16 Å². The quantitative estimate of drug-likeness (QED) is 0.560. The molecule has 8 heteroatoms. The van der Waals surface area contributed by atoms with Gasteiger partial charge in [-0.3, -0.25) is 9.69 Å². The molecule has 1 aliphatic heterocycles. The van der Waals surface area contributed by atoms with Gasteiger partial charge in [-0.15, -0.1) is 0 Å². The number of carbonyl (C=O) groups is 2. The molecule has 27 heavy (non-hydrogen) atoms. The maximum absolute atomic E-state index is 12.7. The van der Waals surface area contributed by atoms with Gasteiger partial charge in [0.2, 0.25) is 0 Å². The second kappa shape index (κ2) is 8.49. The van der Waals surface area contributed by atoms with Crippen LogP contribution in [0.15, 0.2) is 0 Å². The molecule has 0 saturated carbocycles. The van der Waals surface area contributed by atoms with E-state index in [9.17, 15) is 14.7 Å². The molecule has 0 aromatic rings. The van der Waals surface area contributed by atoms with Crippen LogP contribution in [0.1, 0.15) is 54.4 Å². The predicted molar refractivity (Wildman–Crippen MR) is 106 cm³/mol. The Kier molecular flexibility index (Phi) is 7.52. The van der Waals surface area contributed by atoms with Gasteiger partial charge in [-0.2, -0.15) is 0 Å². The molecule has 158 valence electrons. The summed E-state index contributed by atoms with van der Waals surface area (Å²) in [5.74, 6) is -0.514. The van der Waals surface area contributed by atoms with Gasteiger partial charge in [0.1, 0.15) is 5.60 Å². The topological polar surface area (TPSA) is 85.3 Å². The highest BCUT2D eigenvalue weighted by Gasteiger charge is 2.46. The molecule has 1 rings (SSSR count). The number of rotatable bonds is 5. The van der Waals surface area contributed by atoms with E-state index in [1.165, 1.54) is 12.0 Å². The summed E-state index contributed by atoms with van der Waals surface area (Å²) in [6.07, 6.45) is -1.44. The minimum atomic E-state index is -2.04. The highest BCUT2D eigenvalue weighted by Crippen LogP contribution is 2.39. The van der Waals surface area contributed by atoms with Crippen molar-refractivity contribution in [3.8, 4) is 0 Å². The molecular formula is C19H37NO6Si. The molecule has 1 saturated heterocycles. The van der Waals surface area contributed by atoms with Gasteiger partial charge in [0.25, 0.3) is 0 Å². The number of hydrogen-bond acceptors (Lipinski definition) is 6. The normalized spacial score (nSPS) is 22.5. The van der Waals surface area contributed by atoms with Crippen molar-refractivity contribution in [2.75, 3.05) is 13.7 Å². The number of esters is 1. The van der Waals surface area contributed by atoms with Crippen LogP contribution in [0.3, 0.4) is 0 Å². The maximum atomic E-state index is 12.7. The second-order valence-corrected chi connectivity index (χ2v) is 14.5. The first kappa shape index (κ1) is 23.9. The molecule has 1 heterocycles. The zero-order valence-corrected chi connectivity index (χ0v) is 19.3. The Bertz CT molecular complexity index is 537. The third-order valence-electron chi connectivity index (χ3n) is 5.25. The van der Waals surface area contributed by atoms with Crippen LogP contribution in [0.4, 0.5) is 4.79 Å². The van der Waals surface area contributed by atoms with E-state index in [1.54, 1.807) is 20.8 Å². The Morgan fingerprint density at radius 2 is 1.74 bits per heavy atom. The van der Waals surface area contributed by atoms with E-state index in [2.05, 4.69) is 38.6 Å². The summed E-state index contributed by atoms with van der Waals surface area (Å²) >= 11 is 0. The van der Waals surface area contributed by atoms with E-state index in [0.29, 0.717) is 13.0 Å². The van der Waals surface area contributed by atoms with Crippen LogP contribution in [0.2, 0.25) is 18.1 Å². The Morgan fingerprint density at radius 1 is 1.19 bits per heavy atom. The van der Waals surface area contributed by atoms with Crippen molar-refractivity contribution < 1.29 is 28.6 Å². The summed E-state index contributed by atoms with van der Waals surface area (Å²) in [6, 6.07) is -0.547. The number of methoxy groups -OCH3 is 1. The van der Waals surface area contributed by atoms with Crippen molar-refractivity contribution >= 4 is 20.4 Å². The van der Waals surface area contributed by atoms with E-state index >= 15 is 0 Å². The lowest BCUT2D eigenvalue weighted by Gasteiger charge is -2.38.